The number of phenols is 1. The standard InChI is InChI=1S/C25H40O3/c1-3-4-5-6-7-8-9-10-11-12-13-14-15-16-17-18-25(27)28-23-19-20-24(26)22(2)21-23/h10-11,19-21,26H,3-9,12-18H2,1-2H3/b11-10-. The van der Waals surface area contributed by atoms with E-state index in [2.05, 4.69) is 19.1 Å². The van der Waals surface area contributed by atoms with Gasteiger partial charge >= 0.3 is 5.97 Å². The van der Waals surface area contributed by atoms with Crippen LogP contribution in [0.25, 0.3) is 0 Å². The van der Waals surface area contributed by atoms with Gasteiger partial charge in [0.25, 0.3) is 0 Å². The summed E-state index contributed by atoms with van der Waals surface area (Å²) in [5, 5.41) is 9.49. The quantitative estimate of drug-likeness (QED) is 0.137. The SMILES string of the molecule is CCCCCCCC/C=C\CCCCCCCC(=O)Oc1ccc(O)c(C)c1. The molecule has 0 spiro atoms. The second-order valence-electron chi connectivity index (χ2n) is 7.76. The predicted molar refractivity (Wildman–Crippen MR) is 118 cm³/mol. The molecule has 0 bridgehead atoms. The highest BCUT2D eigenvalue weighted by Gasteiger charge is 2.06. The molecule has 1 N–H and O–H groups in total. The fourth-order valence-electron chi connectivity index (χ4n) is 3.21. The van der Waals surface area contributed by atoms with E-state index in [1.165, 1.54) is 70.6 Å². The van der Waals surface area contributed by atoms with E-state index in [-0.39, 0.29) is 11.7 Å². The maximum absolute atomic E-state index is 11.8. The van der Waals surface area contributed by atoms with Crippen molar-refractivity contribution in [3.8, 4) is 11.5 Å². The molecule has 0 aliphatic carbocycles. The summed E-state index contributed by atoms with van der Waals surface area (Å²) >= 11 is 0. The molecule has 0 amide bonds. The molecule has 0 heterocycles. The fourth-order valence-corrected chi connectivity index (χ4v) is 3.21. The number of allylic oxidation sites excluding steroid dienone is 2. The van der Waals surface area contributed by atoms with Gasteiger partial charge in [-0.05, 0) is 62.8 Å². The molecule has 3 heteroatoms. The van der Waals surface area contributed by atoms with Crippen LogP contribution in [0, 0.1) is 6.92 Å². The van der Waals surface area contributed by atoms with Gasteiger partial charge in [0.1, 0.15) is 11.5 Å². The van der Waals surface area contributed by atoms with Crippen molar-refractivity contribution in [1.29, 1.82) is 0 Å². The Morgan fingerprint density at radius 1 is 0.893 bits per heavy atom. The van der Waals surface area contributed by atoms with Crippen LogP contribution in [0.1, 0.15) is 102 Å². The van der Waals surface area contributed by atoms with E-state index >= 15 is 0 Å². The average molecular weight is 389 g/mol. The van der Waals surface area contributed by atoms with Crippen LogP contribution < -0.4 is 4.74 Å². The summed E-state index contributed by atoms with van der Waals surface area (Å²) in [4.78, 5) is 11.8. The van der Waals surface area contributed by atoms with Gasteiger partial charge in [-0.15, -0.1) is 0 Å². The highest BCUT2D eigenvalue weighted by atomic mass is 16.5. The van der Waals surface area contributed by atoms with Gasteiger partial charge in [-0.1, -0.05) is 70.4 Å². The number of ether oxygens (including phenoxy) is 1. The van der Waals surface area contributed by atoms with E-state index in [0.717, 1.165) is 12.8 Å². The Hall–Kier alpha value is -1.77. The highest BCUT2D eigenvalue weighted by molar-refractivity contribution is 5.72. The Labute approximate surface area is 172 Å². The van der Waals surface area contributed by atoms with E-state index in [0.29, 0.717) is 17.7 Å². The van der Waals surface area contributed by atoms with Crippen LogP contribution in [0.3, 0.4) is 0 Å². The minimum atomic E-state index is -0.192. The first-order chi connectivity index (χ1) is 13.6. The zero-order valence-electron chi connectivity index (χ0n) is 18.0. The van der Waals surface area contributed by atoms with Gasteiger partial charge in [0.2, 0.25) is 0 Å². The maximum atomic E-state index is 11.8. The molecule has 1 rings (SSSR count). The van der Waals surface area contributed by atoms with E-state index in [1.54, 1.807) is 25.1 Å². The summed E-state index contributed by atoms with van der Waals surface area (Å²) in [7, 11) is 0. The second kappa shape index (κ2) is 16.2. The smallest absolute Gasteiger partial charge is 0.311 e. The summed E-state index contributed by atoms with van der Waals surface area (Å²) in [6.07, 6.45) is 21.4. The number of hydrogen-bond donors (Lipinski definition) is 1. The lowest BCUT2D eigenvalue weighted by Crippen LogP contribution is -2.07. The molecule has 0 saturated heterocycles. The normalized spacial score (nSPS) is 11.2. The predicted octanol–water partition coefficient (Wildman–Crippen LogP) is 7.64. The molecule has 1 aromatic rings. The molecule has 0 aliphatic heterocycles. The summed E-state index contributed by atoms with van der Waals surface area (Å²) in [6, 6.07) is 4.87. The number of esters is 1. The van der Waals surface area contributed by atoms with Crippen LogP contribution in [0.4, 0.5) is 0 Å². The molecule has 0 aliphatic rings. The number of carbonyl (C=O) groups excluding carboxylic acids is 1. The maximum Gasteiger partial charge on any atom is 0.311 e. The summed E-state index contributed by atoms with van der Waals surface area (Å²) in [5.41, 5.74) is 0.714. The first kappa shape index (κ1) is 24.3. The van der Waals surface area contributed by atoms with Gasteiger partial charge in [-0.3, -0.25) is 4.79 Å². The number of aromatic hydroxyl groups is 1. The molecule has 0 radical (unpaired) electrons. The van der Waals surface area contributed by atoms with Crippen molar-refractivity contribution < 1.29 is 14.6 Å². The second-order valence-corrected chi connectivity index (χ2v) is 7.76. The lowest BCUT2D eigenvalue weighted by atomic mass is 10.1. The monoisotopic (exact) mass is 388 g/mol. The Bertz CT molecular complexity index is 563. The Kier molecular flexibility index (Phi) is 14.0. The largest absolute Gasteiger partial charge is 0.508 e. The topological polar surface area (TPSA) is 46.5 Å². The van der Waals surface area contributed by atoms with Crippen molar-refractivity contribution in [2.45, 2.75) is 104 Å². The molecule has 0 saturated carbocycles. The minimum absolute atomic E-state index is 0.192. The number of hydrogen-bond acceptors (Lipinski definition) is 3. The molecule has 1 aromatic carbocycles. The van der Waals surface area contributed by atoms with Gasteiger partial charge in [-0.25, -0.2) is 0 Å². The number of phenolic OH excluding ortho intramolecular Hbond substituents is 1. The summed E-state index contributed by atoms with van der Waals surface area (Å²) in [6.45, 7) is 4.05. The Morgan fingerprint density at radius 2 is 1.46 bits per heavy atom. The molecular formula is C25H40O3. The van der Waals surface area contributed by atoms with E-state index in [9.17, 15) is 9.90 Å². The minimum Gasteiger partial charge on any atom is -0.508 e. The lowest BCUT2D eigenvalue weighted by molar-refractivity contribution is -0.134. The molecule has 0 unspecified atom stereocenters. The third kappa shape index (κ3) is 12.6. The highest BCUT2D eigenvalue weighted by Crippen LogP contribution is 2.22. The van der Waals surface area contributed by atoms with Crippen molar-refractivity contribution in [1.82, 2.24) is 0 Å². The van der Waals surface area contributed by atoms with Gasteiger partial charge in [0.05, 0.1) is 0 Å². The van der Waals surface area contributed by atoms with Crippen molar-refractivity contribution in [2.24, 2.45) is 0 Å². The van der Waals surface area contributed by atoms with Gasteiger partial charge in [0, 0.05) is 6.42 Å². The van der Waals surface area contributed by atoms with Gasteiger partial charge in [-0.2, -0.15) is 0 Å². The first-order valence-corrected chi connectivity index (χ1v) is 11.3. The molecular weight excluding hydrogens is 348 g/mol. The average Bonchev–Trinajstić information content (AvgIpc) is 2.68. The Morgan fingerprint density at radius 3 is 2.07 bits per heavy atom. The van der Waals surface area contributed by atoms with Crippen LogP contribution in [0.15, 0.2) is 30.4 Å². The van der Waals surface area contributed by atoms with Crippen molar-refractivity contribution in [3.63, 3.8) is 0 Å². The lowest BCUT2D eigenvalue weighted by Gasteiger charge is -2.06. The summed E-state index contributed by atoms with van der Waals surface area (Å²) < 4.78 is 5.31. The third-order valence-corrected chi connectivity index (χ3v) is 5.04. The molecule has 3 nitrogen and oxygen atoms in total. The molecule has 0 atom stereocenters. The van der Waals surface area contributed by atoms with Crippen LogP contribution in [0.2, 0.25) is 0 Å². The number of rotatable bonds is 16. The van der Waals surface area contributed by atoms with Crippen molar-refractivity contribution >= 4 is 5.97 Å². The number of unbranched alkanes of at least 4 members (excludes halogenated alkanes) is 11. The number of aryl methyl sites for hydroxylation is 1. The van der Waals surface area contributed by atoms with E-state index < -0.39 is 0 Å². The Balaban J connectivity index is 1.91. The van der Waals surface area contributed by atoms with Crippen molar-refractivity contribution in [2.75, 3.05) is 0 Å². The van der Waals surface area contributed by atoms with Crippen LogP contribution in [0.5, 0.6) is 11.5 Å². The summed E-state index contributed by atoms with van der Waals surface area (Å²) in [5.74, 6) is 0.535. The van der Waals surface area contributed by atoms with Gasteiger partial charge < -0.3 is 9.84 Å². The zero-order valence-corrected chi connectivity index (χ0v) is 18.0. The number of carbonyl (C=O) groups is 1. The molecule has 0 aromatic heterocycles. The van der Waals surface area contributed by atoms with Crippen LogP contribution in [-0.2, 0) is 4.79 Å². The van der Waals surface area contributed by atoms with E-state index in [4.69, 9.17) is 4.74 Å². The molecule has 158 valence electrons. The molecule has 28 heavy (non-hydrogen) atoms. The van der Waals surface area contributed by atoms with Gasteiger partial charge in [0.15, 0.2) is 0 Å². The zero-order chi connectivity index (χ0) is 20.5. The van der Waals surface area contributed by atoms with Crippen LogP contribution in [-0.4, -0.2) is 11.1 Å². The molecule has 0 fully saturated rings. The van der Waals surface area contributed by atoms with E-state index in [1.807, 2.05) is 0 Å². The van der Waals surface area contributed by atoms with Crippen molar-refractivity contribution in [3.05, 3.63) is 35.9 Å². The van der Waals surface area contributed by atoms with Crippen LogP contribution >= 0.6 is 0 Å². The third-order valence-electron chi connectivity index (χ3n) is 5.04. The number of benzene rings is 1. The fraction of sp³-hybridized carbons (Fsp3) is 0.640. The first-order valence-electron chi connectivity index (χ1n) is 11.3.